The molecule has 0 N–H and O–H groups in total. The first-order valence-corrected chi connectivity index (χ1v) is 6.36. The summed E-state index contributed by atoms with van der Waals surface area (Å²) in [5.41, 5.74) is 1.86. The molecule has 0 bridgehead atoms. The molecular formula is C17H15NO. The standard InChI is InChI=1S/C17H15NO/c1-18-10-9-15(12-18)17(19)11-14-7-4-6-13-5-2-3-8-16(13)14/h2-10,12H,11H2,1H3. The van der Waals surface area contributed by atoms with E-state index in [-0.39, 0.29) is 5.78 Å². The Balaban J connectivity index is 1.95. The highest BCUT2D eigenvalue weighted by Gasteiger charge is 2.10. The normalized spacial score (nSPS) is 10.8. The van der Waals surface area contributed by atoms with E-state index in [4.69, 9.17) is 0 Å². The molecule has 1 aromatic heterocycles. The van der Waals surface area contributed by atoms with Gasteiger partial charge in [-0.3, -0.25) is 4.79 Å². The van der Waals surface area contributed by atoms with E-state index in [1.54, 1.807) is 0 Å². The Morgan fingerprint density at radius 3 is 2.63 bits per heavy atom. The van der Waals surface area contributed by atoms with Crippen LogP contribution in [0.3, 0.4) is 0 Å². The number of fused-ring (bicyclic) bond motifs is 1. The number of rotatable bonds is 3. The first-order valence-electron chi connectivity index (χ1n) is 6.36. The quantitative estimate of drug-likeness (QED) is 0.650. The van der Waals surface area contributed by atoms with Crippen molar-refractivity contribution in [3.63, 3.8) is 0 Å². The average Bonchev–Trinajstić information content (AvgIpc) is 2.86. The van der Waals surface area contributed by atoms with E-state index in [0.717, 1.165) is 16.5 Å². The molecule has 2 nitrogen and oxygen atoms in total. The summed E-state index contributed by atoms with van der Waals surface area (Å²) in [6.07, 6.45) is 4.22. The van der Waals surface area contributed by atoms with Crippen molar-refractivity contribution in [2.75, 3.05) is 0 Å². The lowest BCUT2D eigenvalue weighted by Crippen LogP contribution is -2.03. The minimum atomic E-state index is 0.164. The molecule has 2 heteroatoms. The van der Waals surface area contributed by atoms with Crippen molar-refractivity contribution in [1.82, 2.24) is 4.57 Å². The van der Waals surface area contributed by atoms with E-state index in [9.17, 15) is 4.79 Å². The van der Waals surface area contributed by atoms with Gasteiger partial charge in [0.25, 0.3) is 0 Å². The molecule has 1 heterocycles. The van der Waals surface area contributed by atoms with Crippen LogP contribution in [-0.2, 0) is 13.5 Å². The van der Waals surface area contributed by atoms with Crippen LogP contribution < -0.4 is 0 Å². The Morgan fingerprint density at radius 1 is 1.05 bits per heavy atom. The van der Waals surface area contributed by atoms with E-state index in [2.05, 4.69) is 18.2 Å². The lowest BCUT2D eigenvalue weighted by Gasteiger charge is -2.05. The zero-order chi connectivity index (χ0) is 13.2. The highest BCUT2D eigenvalue weighted by atomic mass is 16.1. The van der Waals surface area contributed by atoms with Crippen LogP contribution in [-0.4, -0.2) is 10.4 Å². The maximum Gasteiger partial charge on any atom is 0.168 e. The maximum atomic E-state index is 12.3. The third kappa shape index (κ3) is 2.29. The second kappa shape index (κ2) is 4.73. The summed E-state index contributed by atoms with van der Waals surface area (Å²) < 4.78 is 1.90. The van der Waals surface area contributed by atoms with Gasteiger partial charge in [-0.2, -0.15) is 0 Å². The molecule has 0 saturated heterocycles. The largest absolute Gasteiger partial charge is 0.357 e. The lowest BCUT2D eigenvalue weighted by atomic mass is 9.99. The summed E-state index contributed by atoms with van der Waals surface area (Å²) in [5, 5.41) is 2.34. The van der Waals surface area contributed by atoms with Crippen LogP contribution in [0.25, 0.3) is 10.8 Å². The molecule has 0 spiro atoms. The van der Waals surface area contributed by atoms with Crippen LogP contribution in [0.4, 0.5) is 0 Å². The summed E-state index contributed by atoms with van der Waals surface area (Å²) >= 11 is 0. The Kier molecular flexibility index (Phi) is 2.92. The van der Waals surface area contributed by atoms with Crippen LogP contribution in [0.15, 0.2) is 60.9 Å². The topological polar surface area (TPSA) is 22.0 Å². The summed E-state index contributed by atoms with van der Waals surface area (Å²) in [6, 6.07) is 16.2. The number of hydrogen-bond donors (Lipinski definition) is 0. The van der Waals surface area contributed by atoms with Gasteiger partial charge >= 0.3 is 0 Å². The molecule has 3 rings (SSSR count). The van der Waals surface area contributed by atoms with Gasteiger partial charge in [0.2, 0.25) is 0 Å². The molecular weight excluding hydrogens is 234 g/mol. The van der Waals surface area contributed by atoms with Gasteiger partial charge in [0.1, 0.15) is 0 Å². The highest BCUT2D eigenvalue weighted by molar-refractivity contribution is 6.00. The Hall–Kier alpha value is -2.35. The van der Waals surface area contributed by atoms with Gasteiger partial charge in [-0.25, -0.2) is 0 Å². The SMILES string of the molecule is Cn1ccc(C(=O)Cc2cccc3ccccc23)c1. The van der Waals surface area contributed by atoms with E-state index in [0.29, 0.717) is 6.42 Å². The molecule has 0 radical (unpaired) electrons. The van der Waals surface area contributed by atoms with E-state index >= 15 is 0 Å². The molecule has 3 aromatic rings. The van der Waals surface area contributed by atoms with Crippen molar-refractivity contribution in [1.29, 1.82) is 0 Å². The summed E-state index contributed by atoms with van der Waals surface area (Å²) in [6.45, 7) is 0. The third-order valence-electron chi connectivity index (χ3n) is 3.38. The van der Waals surface area contributed by atoms with Crippen molar-refractivity contribution >= 4 is 16.6 Å². The maximum absolute atomic E-state index is 12.3. The number of aryl methyl sites for hydroxylation is 1. The summed E-state index contributed by atoms with van der Waals surface area (Å²) in [7, 11) is 1.93. The number of ketones is 1. The van der Waals surface area contributed by atoms with Gasteiger partial charge in [-0.05, 0) is 22.4 Å². The van der Waals surface area contributed by atoms with E-state index in [1.807, 2.05) is 54.3 Å². The molecule has 0 aliphatic carbocycles. The number of carbonyl (C=O) groups excluding carboxylic acids is 1. The molecule has 0 fully saturated rings. The smallest absolute Gasteiger partial charge is 0.168 e. The number of Topliss-reactive ketones (excluding diaryl/α,β-unsaturated/α-hetero) is 1. The zero-order valence-corrected chi connectivity index (χ0v) is 10.8. The molecule has 0 atom stereocenters. The van der Waals surface area contributed by atoms with Crippen LogP contribution in [0.1, 0.15) is 15.9 Å². The lowest BCUT2D eigenvalue weighted by molar-refractivity contribution is 0.0993. The number of benzene rings is 2. The fraction of sp³-hybridized carbons (Fsp3) is 0.118. The predicted molar refractivity (Wildman–Crippen MR) is 77.4 cm³/mol. The minimum absolute atomic E-state index is 0.164. The average molecular weight is 249 g/mol. The number of carbonyl (C=O) groups is 1. The minimum Gasteiger partial charge on any atom is -0.357 e. The molecule has 0 amide bonds. The number of aromatic nitrogens is 1. The third-order valence-corrected chi connectivity index (χ3v) is 3.38. The second-order valence-electron chi connectivity index (χ2n) is 4.80. The van der Waals surface area contributed by atoms with Crippen molar-refractivity contribution in [3.05, 3.63) is 72.1 Å². The first-order chi connectivity index (χ1) is 9.24. The van der Waals surface area contributed by atoms with Gasteiger partial charge < -0.3 is 4.57 Å². The number of hydrogen-bond acceptors (Lipinski definition) is 1. The molecule has 0 aliphatic heterocycles. The van der Waals surface area contributed by atoms with E-state index < -0.39 is 0 Å². The summed E-state index contributed by atoms with van der Waals surface area (Å²) in [5.74, 6) is 0.164. The molecule has 2 aromatic carbocycles. The Bertz CT molecular complexity index is 734. The van der Waals surface area contributed by atoms with Gasteiger partial charge in [0, 0.05) is 31.4 Å². The van der Waals surface area contributed by atoms with Gasteiger partial charge in [-0.15, -0.1) is 0 Å². The van der Waals surface area contributed by atoms with Crippen molar-refractivity contribution in [2.45, 2.75) is 6.42 Å². The number of nitrogens with zero attached hydrogens (tertiary/aromatic N) is 1. The Morgan fingerprint density at radius 2 is 1.84 bits per heavy atom. The monoisotopic (exact) mass is 249 g/mol. The van der Waals surface area contributed by atoms with Crippen LogP contribution in [0, 0.1) is 0 Å². The fourth-order valence-electron chi connectivity index (χ4n) is 2.39. The van der Waals surface area contributed by atoms with Gasteiger partial charge in [0.05, 0.1) is 0 Å². The molecule has 0 aliphatic rings. The van der Waals surface area contributed by atoms with Crippen molar-refractivity contribution in [2.24, 2.45) is 7.05 Å². The fourth-order valence-corrected chi connectivity index (χ4v) is 2.39. The highest BCUT2D eigenvalue weighted by Crippen LogP contribution is 2.20. The molecule has 0 unspecified atom stereocenters. The Labute approximate surface area is 112 Å². The molecule has 0 saturated carbocycles. The van der Waals surface area contributed by atoms with Crippen molar-refractivity contribution < 1.29 is 4.79 Å². The zero-order valence-electron chi connectivity index (χ0n) is 10.8. The second-order valence-corrected chi connectivity index (χ2v) is 4.80. The van der Waals surface area contributed by atoms with Crippen LogP contribution >= 0.6 is 0 Å². The van der Waals surface area contributed by atoms with Crippen LogP contribution in [0.2, 0.25) is 0 Å². The first kappa shape index (κ1) is 11.7. The van der Waals surface area contributed by atoms with Crippen LogP contribution in [0.5, 0.6) is 0 Å². The van der Waals surface area contributed by atoms with Gasteiger partial charge in [-0.1, -0.05) is 42.5 Å². The molecule has 94 valence electrons. The molecule has 19 heavy (non-hydrogen) atoms. The van der Waals surface area contributed by atoms with Crippen molar-refractivity contribution in [3.8, 4) is 0 Å². The van der Waals surface area contributed by atoms with Gasteiger partial charge in [0.15, 0.2) is 5.78 Å². The van der Waals surface area contributed by atoms with E-state index in [1.165, 1.54) is 5.39 Å². The summed E-state index contributed by atoms with van der Waals surface area (Å²) in [4.78, 5) is 12.3. The predicted octanol–water partition coefficient (Wildman–Crippen LogP) is 3.60.